The number of hydrogen-bond acceptors (Lipinski definition) is 7. The fourth-order valence-corrected chi connectivity index (χ4v) is 3.60. The summed E-state index contributed by atoms with van der Waals surface area (Å²) in [5.74, 6) is -1.76. The van der Waals surface area contributed by atoms with Crippen LogP contribution < -0.4 is 0 Å². The highest BCUT2D eigenvalue weighted by atomic mass is 16.7. The molecule has 0 aliphatic carbocycles. The van der Waals surface area contributed by atoms with Crippen LogP contribution in [0.4, 0.5) is 4.79 Å². The Morgan fingerprint density at radius 2 is 1.84 bits per heavy atom. The average molecular weight is 429 g/mol. The van der Waals surface area contributed by atoms with E-state index in [9.17, 15) is 19.5 Å². The minimum absolute atomic E-state index is 0.0108. The topological polar surface area (TPSA) is 102 Å². The minimum Gasteiger partial charge on any atom is -0.508 e. The van der Waals surface area contributed by atoms with Crippen LogP contribution in [0.2, 0.25) is 0 Å². The van der Waals surface area contributed by atoms with Crippen LogP contribution in [0.1, 0.15) is 53.0 Å². The molecule has 0 saturated carbocycles. The molecular weight excluding hydrogens is 402 g/mol. The molecule has 3 rings (SSSR count). The van der Waals surface area contributed by atoms with Gasteiger partial charge in [-0.05, 0) is 47.6 Å². The van der Waals surface area contributed by atoms with E-state index in [0.717, 1.165) is 4.90 Å². The zero-order valence-electron chi connectivity index (χ0n) is 18.5. The smallest absolute Gasteiger partial charge is 0.417 e. The number of para-hydroxylation sites is 1. The van der Waals surface area contributed by atoms with Gasteiger partial charge >= 0.3 is 12.1 Å². The predicted molar refractivity (Wildman–Crippen MR) is 111 cm³/mol. The Morgan fingerprint density at radius 3 is 2.39 bits per heavy atom. The maximum absolute atomic E-state index is 13.2. The van der Waals surface area contributed by atoms with E-state index in [1.54, 1.807) is 59.7 Å². The van der Waals surface area contributed by atoms with Crippen LogP contribution in [0.5, 0.6) is 5.75 Å². The number of benzene rings is 1. The highest BCUT2D eigenvalue weighted by Crippen LogP contribution is 2.42. The van der Waals surface area contributed by atoms with Gasteiger partial charge in [-0.25, -0.2) is 14.5 Å². The fraction of sp³-hybridized carbons (Fsp3) is 0.435. The van der Waals surface area contributed by atoms with E-state index in [1.165, 1.54) is 12.3 Å². The van der Waals surface area contributed by atoms with E-state index in [-0.39, 0.29) is 11.3 Å². The first kappa shape index (κ1) is 22.4. The first-order chi connectivity index (χ1) is 14.4. The number of likely N-dealkylation sites (tertiary alicyclic amines) is 1. The van der Waals surface area contributed by atoms with Gasteiger partial charge in [-0.2, -0.15) is 0 Å². The predicted octanol–water partition coefficient (Wildman–Crippen LogP) is 3.76. The second-order valence-corrected chi connectivity index (χ2v) is 8.69. The summed E-state index contributed by atoms with van der Waals surface area (Å²) in [7, 11) is 0. The molecule has 8 heteroatoms. The minimum atomic E-state index is -0.955. The van der Waals surface area contributed by atoms with Crippen molar-refractivity contribution in [2.75, 3.05) is 0 Å². The van der Waals surface area contributed by atoms with Gasteiger partial charge in [0.05, 0.1) is 17.9 Å². The standard InChI is InChI=1S/C23H27NO7/c1-12-13(2)21(30-20(12)27)29-11-16-18(15-9-7-8-10-17(15)25)14(3)24(19(16)26)22(28)31-23(4,5)6/h7-11,14,18,21,25H,1-6H3/b16-11+. The average Bonchev–Trinajstić information content (AvgIpc) is 3.06. The number of phenolic OH excluding ortho intramolecular Hbond substituents is 1. The molecule has 1 aromatic rings. The van der Waals surface area contributed by atoms with Gasteiger partial charge < -0.3 is 19.3 Å². The number of cyclic esters (lactones) is 1. The van der Waals surface area contributed by atoms with Crippen LogP contribution in [0.15, 0.2) is 47.2 Å². The largest absolute Gasteiger partial charge is 0.508 e. The molecule has 0 bridgehead atoms. The van der Waals surface area contributed by atoms with E-state index in [4.69, 9.17) is 14.2 Å². The van der Waals surface area contributed by atoms with Crippen molar-refractivity contribution in [1.82, 2.24) is 4.90 Å². The molecule has 1 saturated heterocycles. The third kappa shape index (κ3) is 4.28. The molecule has 3 unspecified atom stereocenters. The van der Waals surface area contributed by atoms with Gasteiger partial charge in [0, 0.05) is 22.6 Å². The number of carbonyl (C=O) groups is 3. The highest BCUT2D eigenvalue weighted by Gasteiger charge is 2.48. The molecular formula is C23H27NO7. The van der Waals surface area contributed by atoms with Crippen LogP contribution >= 0.6 is 0 Å². The van der Waals surface area contributed by atoms with Gasteiger partial charge in [0.15, 0.2) is 0 Å². The zero-order valence-corrected chi connectivity index (χ0v) is 18.5. The van der Waals surface area contributed by atoms with Crippen LogP contribution in [0.25, 0.3) is 0 Å². The van der Waals surface area contributed by atoms with E-state index >= 15 is 0 Å². The molecule has 1 fully saturated rings. The molecule has 3 atom stereocenters. The monoisotopic (exact) mass is 429 g/mol. The van der Waals surface area contributed by atoms with Crippen molar-refractivity contribution in [1.29, 1.82) is 0 Å². The number of hydrogen-bond donors (Lipinski definition) is 1. The van der Waals surface area contributed by atoms with Crippen molar-refractivity contribution in [3.8, 4) is 5.75 Å². The fourth-order valence-electron chi connectivity index (χ4n) is 3.60. The molecule has 0 radical (unpaired) electrons. The summed E-state index contributed by atoms with van der Waals surface area (Å²) in [5, 5.41) is 10.4. The molecule has 2 aliphatic heterocycles. The number of amides is 2. The molecule has 0 aromatic heterocycles. The SMILES string of the molecule is CC1=C(C)C(O/C=C2/C(=O)N(C(=O)OC(C)(C)C)C(C)C2c2ccccc2O)OC1=O. The van der Waals surface area contributed by atoms with Gasteiger partial charge in [0.25, 0.3) is 12.2 Å². The number of phenols is 1. The summed E-state index contributed by atoms with van der Waals surface area (Å²) >= 11 is 0. The van der Waals surface area contributed by atoms with Crippen molar-refractivity contribution < 1.29 is 33.7 Å². The Morgan fingerprint density at radius 1 is 1.19 bits per heavy atom. The van der Waals surface area contributed by atoms with Crippen LogP contribution in [0.3, 0.4) is 0 Å². The maximum Gasteiger partial charge on any atom is 0.417 e. The van der Waals surface area contributed by atoms with Crippen LogP contribution in [-0.2, 0) is 23.8 Å². The summed E-state index contributed by atoms with van der Waals surface area (Å²) in [5.41, 5.74) is 0.872. The summed E-state index contributed by atoms with van der Waals surface area (Å²) in [4.78, 5) is 38.8. The third-order valence-corrected chi connectivity index (χ3v) is 5.34. The van der Waals surface area contributed by atoms with Crippen LogP contribution in [0, 0.1) is 0 Å². The van der Waals surface area contributed by atoms with Gasteiger partial charge in [0.1, 0.15) is 11.4 Å². The lowest BCUT2D eigenvalue weighted by Gasteiger charge is -2.27. The summed E-state index contributed by atoms with van der Waals surface area (Å²) in [6.07, 6.45) is -0.530. The van der Waals surface area contributed by atoms with E-state index in [1.807, 2.05) is 0 Å². The van der Waals surface area contributed by atoms with Gasteiger partial charge in [0.2, 0.25) is 0 Å². The normalized spacial score (nSPS) is 25.3. The van der Waals surface area contributed by atoms with Gasteiger partial charge in [-0.3, -0.25) is 4.79 Å². The van der Waals surface area contributed by atoms with Crippen molar-refractivity contribution in [2.24, 2.45) is 0 Å². The molecule has 2 aliphatic rings. The molecule has 31 heavy (non-hydrogen) atoms. The number of nitrogens with zero attached hydrogens (tertiary/aromatic N) is 1. The third-order valence-electron chi connectivity index (χ3n) is 5.34. The second kappa shape index (κ2) is 8.09. The maximum atomic E-state index is 13.2. The first-order valence-corrected chi connectivity index (χ1v) is 10.0. The lowest BCUT2D eigenvalue weighted by atomic mass is 9.88. The molecule has 2 heterocycles. The molecule has 8 nitrogen and oxygen atoms in total. The quantitative estimate of drug-likeness (QED) is 0.443. The summed E-state index contributed by atoms with van der Waals surface area (Å²) < 4.78 is 16.2. The van der Waals surface area contributed by atoms with E-state index in [0.29, 0.717) is 16.7 Å². The molecule has 1 aromatic carbocycles. The Bertz CT molecular complexity index is 986. The number of ether oxygens (including phenoxy) is 3. The Labute approximate surface area is 181 Å². The molecule has 1 N–H and O–H groups in total. The summed E-state index contributed by atoms with van der Waals surface area (Å²) in [6, 6.07) is 5.95. The Hall–Kier alpha value is -3.29. The highest BCUT2D eigenvalue weighted by molar-refractivity contribution is 6.06. The number of imide groups is 1. The van der Waals surface area contributed by atoms with E-state index < -0.39 is 41.8 Å². The molecule has 0 spiro atoms. The molecule has 166 valence electrons. The lowest BCUT2D eigenvalue weighted by Crippen LogP contribution is -2.42. The van der Waals surface area contributed by atoms with Gasteiger partial charge in [-0.1, -0.05) is 18.2 Å². The van der Waals surface area contributed by atoms with Crippen molar-refractivity contribution >= 4 is 18.0 Å². The van der Waals surface area contributed by atoms with Crippen molar-refractivity contribution in [3.05, 3.63) is 52.8 Å². The number of esters is 1. The second-order valence-electron chi connectivity index (χ2n) is 8.69. The van der Waals surface area contributed by atoms with Gasteiger partial charge in [-0.15, -0.1) is 0 Å². The molecule has 2 amide bonds. The Balaban J connectivity index is 1.99. The van der Waals surface area contributed by atoms with E-state index in [2.05, 4.69) is 0 Å². The Kier molecular flexibility index (Phi) is 5.85. The summed E-state index contributed by atoms with van der Waals surface area (Å²) in [6.45, 7) is 10.2. The zero-order chi connectivity index (χ0) is 23.1. The number of rotatable bonds is 3. The van der Waals surface area contributed by atoms with Crippen molar-refractivity contribution in [3.63, 3.8) is 0 Å². The lowest BCUT2D eigenvalue weighted by molar-refractivity contribution is -0.153. The van der Waals surface area contributed by atoms with Crippen molar-refractivity contribution in [2.45, 2.75) is 65.4 Å². The van der Waals surface area contributed by atoms with Crippen LogP contribution in [-0.4, -0.2) is 45.9 Å². The number of carbonyl (C=O) groups excluding carboxylic acids is 3. The number of aromatic hydroxyl groups is 1. The first-order valence-electron chi connectivity index (χ1n) is 10.0.